The first kappa shape index (κ1) is 12.0. The minimum atomic E-state index is -0.00556. The molecule has 1 aliphatic rings. The van der Waals surface area contributed by atoms with E-state index in [4.69, 9.17) is 11.0 Å². The maximum Gasteiger partial charge on any atom is 0.125 e. The Balaban J connectivity index is 3.40. The lowest BCUT2D eigenvalue weighted by atomic mass is 9.97. The monoisotopic (exact) mass is 213 g/mol. The van der Waals surface area contributed by atoms with Crippen molar-refractivity contribution in [1.82, 2.24) is 0 Å². The van der Waals surface area contributed by atoms with Crippen molar-refractivity contribution in [3.8, 4) is 6.07 Å². The first-order valence-electron chi connectivity index (χ1n) is 5.13. The van der Waals surface area contributed by atoms with Gasteiger partial charge in [-0.15, -0.1) is 0 Å². The minimum absolute atomic E-state index is 0.00556. The molecule has 0 aromatic rings. The Morgan fingerprint density at radius 1 is 1.56 bits per heavy atom. The molecule has 0 bridgehead atoms. The van der Waals surface area contributed by atoms with Gasteiger partial charge < -0.3 is 5.73 Å². The third-order valence-electron chi connectivity index (χ3n) is 2.53. The molecule has 0 radical (unpaired) electrons. The molecule has 0 fully saturated rings. The lowest BCUT2D eigenvalue weighted by Crippen LogP contribution is -2.08. The van der Waals surface area contributed by atoms with Gasteiger partial charge in [-0.1, -0.05) is 32.2 Å². The summed E-state index contributed by atoms with van der Waals surface area (Å²) in [6.07, 6.45) is 5.97. The van der Waals surface area contributed by atoms with Gasteiger partial charge in [-0.25, -0.2) is 4.99 Å². The van der Waals surface area contributed by atoms with Crippen molar-refractivity contribution >= 4 is 5.71 Å². The summed E-state index contributed by atoms with van der Waals surface area (Å²) in [6, 6.07) is 2.11. The first-order chi connectivity index (χ1) is 7.67. The predicted octanol–water partition coefficient (Wildman–Crippen LogP) is 2.46. The molecule has 82 valence electrons. The molecule has 3 heteroatoms. The largest absolute Gasteiger partial charge is 0.397 e. The Morgan fingerprint density at radius 3 is 2.69 bits per heavy atom. The molecule has 1 heterocycles. The van der Waals surface area contributed by atoms with Gasteiger partial charge in [-0.05, 0) is 18.1 Å². The number of nitriles is 1. The van der Waals surface area contributed by atoms with Gasteiger partial charge in [0.1, 0.15) is 11.8 Å². The van der Waals surface area contributed by atoms with Crippen molar-refractivity contribution in [2.75, 3.05) is 0 Å². The van der Waals surface area contributed by atoms with Crippen LogP contribution in [0.1, 0.15) is 13.3 Å². The number of hydrogen-bond acceptors (Lipinski definition) is 3. The zero-order chi connectivity index (χ0) is 12.1. The fraction of sp³-hybridized carbons (Fsp3) is 0.231. The van der Waals surface area contributed by atoms with E-state index >= 15 is 0 Å². The predicted molar refractivity (Wildman–Crippen MR) is 66.5 cm³/mol. The van der Waals surface area contributed by atoms with Gasteiger partial charge in [-0.2, -0.15) is 5.26 Å². The number of nitrogens with zero attached hydrogens (tertiary/aromatic N) is 2. The van der Waals surface area contributed by atoms with E-state index in [2.05, 4.69) is 24.2 Å². The van der Waals surface area contributed by atoms with Crippen LogP contribution in [0.25, 0.3) is 0 Å². The molecular formula is C13H15N3. The molecule has 1 atom stereocenters. The highest BCUT2D eigenvalue weighted by Crippen LogP contribution is 2.22. The van der Waals surface area contributed by atoms with Gasteiger partial charge >= 0.3 is 0 Å². The lowest BCUT2D eigenvalue weighted by Gasteiger charge is -2.06. The lowest BCUT2D eigenvalue weighted by molar-refractivity contribution is 0.817. The van der Waals surface area contributed by atoms with E-state index in [1.165, 1.54) is 0 Å². The number of nitrogens with two attached hydrogens (primary N) is 1. The topological polar surface area (TPSA) is 62.2 Å². The molecule has 3 nitrogen and oxygen atoms in total. The molecule has 1 aliphatic heterocycles. The molecule has 2 N–H and O–H groups in total. The van der Waals surface area contributed by atoms with Crippen LogP contribution in [-0.4, -0.2) is 5.71 Å². The van der Waals surface area contributed by atoms with Crippen LogP contribution < -0.4 is 5.73 Å². The van der Waals surface area contributed by atoms with Gasteiger partial charge in [-0.3, -0.25) is 0 Å². The summed E-state index contributed by atoms with van der Waals surface area (Å²) in [5.41, 5.74) is 8.28. The average Bonchev–Trinajstić information content (AvgIpc) is 2.45. The Kier molecular flexibility index (Phi) is 3.84. The van der Waals surface area contributed by atoms with Gasteiger partial charge in [0, 0.05) is 5.92 Å². The molecule has 0 saturated carbocycles. The van der Waals surface area contributed by atoms with E-state index in [1.54, 1.807) is 12.2 Å². The zero-order valence-corrected chi connectivity index (χ0v) is 9.40. The normalized spacial score (nSPS) is 20.4. The highest BCUT2D eigenvalue weighted by molar-refractivity contribution is 6.02. The maximum absolute atomic E-state index is 9.04. The second-order valence-corrected chi connectivity index (χ2v) is 3.45. The van der Waals surface area contributed by atoms with Crippen LogP contribution in [0.4, 0.5) is 0 Å². The molecule has 1 unspecified atom stereocenters. The van der Waals surface area contributed by atoms with Crippen LogP contribution in [-0.2, 0) is 0 Å². The molecule has 1 rings (SSSR count). The fourth-order valence-corrected chi connectivity index (χ4v) is 1.56. The standard InChI is InChI=1S/C13H15N3/c1-4-9-7-10(5-2)13(15)11(6-3)16-12(9)8-14/h5-7,9H,2-4,15H2,1H3. The van der Waals surface area contributed by atoms with Crippen molar-refractivity contribution < 1.29 is 0 Å². The van der Waals surface area contributed by atoms with E-state index in [0.717, 1.165) is 12.0 Å². The van der Waals surface area contributed by atoms with E-state index in [1.807, 2.05) is 13.0 Å². The summed E-state index contributed by atoms with van der Waals surface area (Å²) in [5.74, 6) is -0.00556. The van der Waals surface area contributed by atoms with Gasteiger partial charge in [0.05, 0.1) is 11.4 Å². The van der Waals surface area contributed by atoms with Crippen molar-refractivity contribution in [2.45, 2.75) is 13.3 Å². The molecule has 16 heavy (non-hydrogen) atoms. The van der Waals surface area contributed by atoms with Gasteiger partial charge in [0.15, 0.2) is 0 Å². The summed E-state index contributed by atoms with van der Waals surface area (Å²) in [7, 11) is 0. The molecule has 0 amide bonds. The number of allylic oxidation sites excluding steroid dienone is 3. The molecular weight excluding hydrogens is 198 g/mol. The summed E-state index contributed by atoms with van der Waals surface area (Å²) in [6.45, 7) is 9.37. The second kappa shape index (κ2) is 5.13. The Labute approximate surface area is 96.0 Å². The molecule has 0 aromatic carbocycles. The highest BCUT2D eigenvalue weighted by atomic mass is 14.8. The maximum atomic E-state index is 9.04. The Morgan fingerprint density at radius 2 is 2.25 bits per heavy atom. The van der Waals surface area contributed by atoms with Gasteiger partial charge in [0.2, 0.25) is 0 Å². The van der Waals surface area contributed by atoms with Crippen molar-refractivity contribution in [3.63, 3.8) is 0 Å². The summed E-state index contributed by atoms with van der Waals surface area (Å²) < 4.78 is 0. The third kappa shape index (κ3) is 2.12. The molecule has 0 aromatic heterocycles. The highest BCUT2D eigenvalue weighted by Gasteiger charge is 2.17. The van der Waals surface area contributed by atoms with Crippen LogP contribution in [0.5, 0.6) is 0 Å². The SMILES string of the molecule is C=CC1=CC(CC)C(C#N)=NC(C=C)=C1N. The fourth-order valence-electron chi connectivity index (χ4n) is 1.56. The summed E-state index contributed by atoms with van der Waals surface area (Å²) >= 11 is 0. The molecule has 0 saturated heterocycles. The smallest absolute Gasteiger partial charge is 0.125 e. The number of aliphatic imine (C=N–C) groups is 1. The summed E-state index contributed by atoms with van der Waals surface area (Å²) in [5, 5.41) is 9.04. The quantitative estimate of drug-likeness (QED) is 0.782. The first-order valence-corrected chi connectivity index (χ1v) is 5.13. The van der Waals surface area contributed by atoms with Crippen molar-refractivity contribution in [2.24, 2.45) is 16.6 Å². The molecule has 0 spiro atoms. The van der Waals surface area contributed by atoms with E-state index in [0.29, 0.717) is 17.1 Å². The van der Waals surface area contributed by atoms with E-state index in [9.17, 15) is 0 Å². The van der Waals surface area contributed by atoms with Crippen LogP contribution >= 0.6 is 0 Å². The second-order valence-electron chi connectivity index (χ2n) is 3.45. The van der Waals surface area contributed by atoms with Crippen LogP contribution in [0.3, 0.4) is 0 Å². The van der Waals surface area contributed by atoms with Crippen LogP contribution in [0.2, 0.25) is 0 Å². The Bertz CT molecular complexity index is 444. The zero-order valence-electron chi connectivity index (χ0n) is 9.40. The van der Waals surface area contributed by atoms with Crippen molar-refractivity contribution in [1.29, 1.82) is 5.26 Å². The van der Waals surface area contributed by atoms with Crippen molar-refractivity contribution in [3.05, 3.63) is 48.4 Å². The van der Waals surface area contributed by atoms with Gasteiger partial charge in [0.25, 0.3) is 0 Å². The van der Waals surface area contributed by atoms with Crippen LogP contribution in [0, 0.1) is 17.2 Å². The third-order valence-corrected chi connectivity index (χ3v) is 2.53. The average molecular weight is 213 g/mol. The van der Waals surface area contributed by atoms with Crippen LogP contribution in [0.15, 0.2) is 53.3 Å². The number of hydrogen-bond donors (Lipinski definition) is 1. The van der Waals surface area contributed by atoms with E-state index in [-0.39, 0.29) is 5.92 Å². The number of rotatable bonds is 3. The molecule has 0 aliphatic carbocycles. The Hall–Kier alpha value is -2.08. The summed E-state index contributed by atoms with van der Waals surface area (Å²) in [4.78, 5) is 4.24. The minimum Gasteiger partial charge on any atom is -0.397 e. The van der Waals surface area contributed by atoms with E-state index < -0.39 is 0 Å².